The van der Waals surface area contributed by atoms with Gasteiger partial charge in [-0.25, -0.2) is 8.42 Å². The van der Waals surface area contributed by atoms with Crippen LogP contribution in [0.2, 0.25) is 0 Å². The zero-order valence-electron chi connectivity index (χ0n) is 16.2. The number of ether oxygens (including phenoxy) is 1. The molecule has 0 atom stereocenters. The molecule has 6 heteroatoms. The van der Waals surface area contributed by atoms with Crippen LogP contribution in [0.5, 0.6) is 11.5 Å². The Morgan fingerprint density at radius 2 is 1.88 bits per heavy atom. The minimum absolute atomic E-state index is 0.0605. The minimum atomic E-state index is -2.99. The first-order valence-electron chi connectivity index (χ1n) is 9.44. The molecule has 148 valence electrons. The Labute approximate surface area is 157 Å². The molecular weight excluding hydrogens is 352 g/mol. The van der Waals surface area contributed by atoms with Crippen LogP contribution in [-0.4, -0.2) is 36.9 Å². The number of carbonyl (C=O) groups excluding carboxylic acids is 1. The van der Waals surface area contributed by atoms with Crippen molar-refractivity contribution in [1.82, 2.24) is 0 Å². The number of benzene rings is 1. The van der Waals surface area contributed by atoms with E-state index >= 15 is 0 Å². The molecule has 0 saturated heterocycles. The van der Waals surface area contributed by atoms with Gasteiger partial charge < -0.3 is 9.84 Å². The topological polar surface area (TPSA) is 80.7 Å². The molecule has 0 amide bonds. The predicted octanol–water partition coefficient (Wildman–Crippen LogP) is 4.07. The molecule has 0 spiro atoms. The third-order valence-corrected chi connectivity index (χ3v) is 6.58. The largest absolute Gasteiger partial charge is 0.504 e. The fourth-order valence-corrected chi connectivity index (χ4v) is 3.55. The molecule has 1 aromatic carbocycles. The number of Topliss-reactive ketones (excluding diaryl/α,β-unsaturated/α-hetero) is 1. The Bertz CT molecular complexity index is 665. The van der Waals surface area contributed by atoms with E-state index in [-0.39, 0.29) is 29.0 Å². The van der Waals surface area contributed by atoms with E-state index in [2.05, 4.69) is 6.92 Å². The Morgan fingerprint density at radius 3 is 2.50 bits per heavy atom. The number of unbranched alkanes of at least 4 members (excludes halogenated alkanes) is 3. The van der Waals surface area contributed by atoms with Crippen LogP contribution in [-0.2, 0) is 21.1 Å². The van der Waals surface area contributed by atoms with Crippen LogP contribution in [0.3, 0.4) is 0 Å². The summed E-state index contributed by atoms with van der Waals surface area (Å²) in [6.45, 7) is 6.01. The molecule has 0 saturated carbocycles. The van der Waals surface area contributed by atoms with Crippen molar-refractivity contribution in [1.29, 1.82) is 0 Å². The standard InChI is InChI=1S/C20H32O5S/c1-4-5-12-25-20-11-10-17(15-19(20)22)14-18(21)9-7-6-8-13-26(23,24)16(2)3/h10-11,15-16,22H,4-9,12-14H2,1-3H3. The van der Waals surface area contributed by atoms with E-state index in [1.165, 1.54) is 0 Å². The van der Waals surface area contributed by atoms with Gasteiger partial charge >= 0.3 is 0 Å². The lowest BCUT2D eigenvalue weighted by molar-refractivity contribution is -0.118. The van der Waals surface area contributed by atoms with Crippen LogP contribution in [0, 0.1) is 0 Å². The quantitative estimate of drug-likeness (QED) is 0.519. The minimum Gasteiger partial charge on any atom is -0.504 e. The maximum atomic E-state index is 12.1. The van der Waals surface area contributed by atoms with Gasteiger partial charge in [0.15, 0.2) is 21.3 Å². The summed E-state index contributed by atoms with van der Waals surface area (Å²) in [5.41, 5.74) is 0.762. The first-order chi connectivity index (χ1) is 12.3. The van der Waals surface area contributed by atoms with E-state index in [4.69, 9.17) is 4.74 Å². The van der Waals surface area contributed by atoms with E-state index in [9.17, 15) is 18.3 Å². The van der Waals surface area contributed by atoms with E-state index in [0.29, 0.717) is 31.6 Å². The molecule has 0 bridgehead atoms. The van der Waals surface area contributed by atoms with Gasteiger partial charge in [0, 0.05) is 12.8 Å². The number of hydrogen-bond acceptors (Lipinski definition) is 5. The van der Waals surface area contributed by atoms with Crippen molar-refractivity contribution in [3.8, 4) is 11.5 Å². The van der Waals surface area contributed by atoms with Gasteiger partial charge in [-0.1, -0.05) is 25.8 Å². The van der Waals surface area contributed by atoms with Crippen molar-refractivity contribution in [3.63, 3.8) is 0 Å². The average molecular weight is 385 g/mol. The van der Waals surface area contributed by atoms with E-state index in [1.54, 1.807) is 32.0 Å². The molecule has 0 heterocycles. The molecule has 0 fully saturated rings. The smallest absolute Gasteiger partial charge is 0.160 e. The third-order valence-electron chi connectivity index (χ3n) is 4.28. The highest BCUT2D eigenvalue weighted by atomic mass is 32.2. The van der Waals surface area contributed by atoms with Gasteiger partial charge in [-0.2, -0.15) is 0 Å². The maximum Gasteiger partial charge on any atom is 0.160 e. The predicted molar refractivity (Wildman–Crippen MR) is 105 cm³/mol. The van der Waals surface area contributed by atoms with Gasteiger partial charge in [0.2, 0.25) is 0 Å². The summed E-state index contributed by atoms with van der Waals surface area (Å²) in [4.78, 5) is 12.1. The van der Waals surface area contributed by atoms with Crippen molar-refractivity contribution < 1.29 is 23.1 Å². The lowest BCUT2D eigenvalue weighted by atomic mass is 10.0. The number of phenolic OH excluding ortho intramolecular Hbond substituents is 1. The zero-order chi connectivity index (χ0) is 19.6. The van der Waals surface area contributed by atoms with Crippen molar-refractivity contribution in [2.24, 2.45) is 0 Å². The summed E-state index contributed by atoms with van der Waals surface area (Å²) in [6.07, 6.45) is 4.67. The van der Waals surface area contributed by atoms with E-state index in [0.717, 1.165) is 24.8 Å². The van der Waals surface area contributed by atoms with Gasteiger partial charge in [0.25, 0.3) is 0 Å². The Balaban J connectivity index is 2.34. The molecule has 0 aliphatic heterocycles. The molecule has 26 heavy (non-hydrogen) atoms. The second-order valence-corrected chi connectivity index (χ2v) is 9.62. The van der Waals surface area contributed by atoms with Crippen LogP contribution in [0.1, 0.15) is 64.9 Å². The molecule has 5 nitrogen and oxygen atoms in total. The highest BCUT2D eigenvalue weighted by Gasteiger charge is 2.15. The molecule has 0 aliphatic carbocycles. The summed E-state index contributed by atoms with van der Waals surface area (Å²) < 4.78 is 28.9. The van der Waals surface area contributed by atoms with Gasteiger partial charge in [0.1, 0.15) is 5.78 Å². The first-order valence-corrected chi connectivity index (χ1v) is 11.2. The fourth-order valence-electron chi connectivity index (χ4n) is 2.48. The number of rotatable bonds is 13. The fraction of sp³-hybridized carbons (Fsp3) is 0.650. The summed E-state index contributed by atoms with van der Waals surface area (Å²) in [6, 6.07) is 5.08. The van der Waals surface area contributed by atoms with Gasteiger partial charge in [-0.05, 0) is 50.8 Å². The van der Waals surface area contributed by atoms with Crippen LogP contribution in [0.25, 0.3) is 0 Å². The molecule has 1 rings (SSSR count). The molecule has 0 aromatic heterocycles. The summed E-state index contributed by atoms with van der Waals surface area (Å²) >= 11 is 0. The Hall–Kier alpha value is -1.56. The summed E-state index contributed by atoms with van der Waals surface area (Å²) in [5, 5.41) is 9.64. The Kier molecular flexibility index (Phi) is 9.70. The van der Waals surface area contributed by atoms with Gasteiger partial charge in [0.05, 0.1) is 17.6 Å². The molecule has 1 N–H and O–H groups in total. The van der Waals surface area contributed by atoms with Gasteiger partial charge in [-0.3, -0.25) is 4.79 Å². The van der Waals surface area contributed by atoms with Crippen LogP contribution < -0.4 is 4.74 Å². The van der Waals surface area contributed by atoms with Crippen LogP contribution in [0.4, 0.5) is 0 Å². The zero-order valence-corrected chi connectivity index (χ0v) is 17.0. The number of carbonyl (C=O) groups is 1. The normalized spacial score (nSPS) is 11.7. The second kappa shape index (κ2) is 11.2. The molecule has 0 unspecified atom stereocenters. The summed E-state index contributed by atoms with van der Waals surface area (Å²) in [5.74, 6) is 0.786. The van der Waals surface area contributed by atoms with Gasteiger partial charge in [-0.15, -0.1) is 0 Å². The molecule has 0 aliphatic rings. The number of phenols is 1. The number of sulfone groups is 1. The SMILES string of the molecule is CCCCOc1ccc(CC(=O)CCCCCS(=O)(=O)C(C)C)cc1O. The molecule has 0 radical (unpaired) electrons. The lowest BCUT2D eigenvalue weighted by Gasteiger charge is -2.09. The third kappa shape index (κ3) is 8.21. The van der Waals surface area contributed by atoms with Crippen molar-refractivity contribution >= 4 is 15.6 Å². The monoisotopic (exact) mass is 384 g/mol. The maximum absolute atomic E-state index is 12.1. The van der Waals surface area contributed by atoms with Crippen molar-refractivity contribution in [3.05, 3.63) is 23.8 Å². The molecule has 1 aromatic rings. The lowest BCUT2D eigenvalue weighted by Crippen LogP contribution is -2.17. The number of ketones is 1. The highest BCUT2D eigenvalue weighted by molar-refractivity contribution is 7.91. The number of aromatic hydroxyl groups is 1. The molecular formula is C20H32O5S. The first kappa shape index (κ1) is 22.5. The van der Waals surface area contributed by atoms with E-state index in [1.807, 2.05) is 0 Å². The van der Waals surface area contributed by atoms with E-state index < -0.39 is 9.84 Å². The van der Waals surface area contributed by atoms with Crippen LogP contribution >= 0.6 is 0 Å². The summed E-state index contributed by atoms with van der Waals surface area (Å²) in [7, 11) is -2.99. The Morgan fingerprint density at radius 1 is 1.15 bits per heavy atom. The van der Waals surface area contributed by atoms with Crippen molar-refractivity contribution in [2.45, 2.75) is 71.0 Å². The van der Waals surface area contributed by atoms with Crippen LogP contribution in [0.15, 0.2) is 18.2 Å². The van der Waals surface area contributed by atoms with Crippen molar-refractivity contribution in [2.75, 3.05) is 12.4 Å². The highest BCUT2D eigenvalue weighted by Crippen LogP contribution is 2.27. The second-order valence-electron chi connectivity index (χ2n) is 6.95. The number of hydrogen-bond donors (Lipinski definition) is 1. The average Bonchev–Trinajstić information content (AvgIpc) is 2.56.